The minimum absolute atomic E-state index is 0.118. The molecule has 0 atom stereocenters. The van der Waals surface area contributed by atoms with E-state index in [1.807, 2.05) is 0 Å². The minimum Gasteiger partial charge on any atom is -0.507 e. The number of phenols is 3. The first kappa shape index (κ1) is 11.1. The average Bonchev–Trinajstić information content (AvgIpc) is 1.95. The Bertz CT molecular complexity index is 332. The van der Waals surface area contributed by atoms with Crippen LogP contribution in [0.5, 0.6) is 17.2 Å². The molecule has 1 aromatic carbocycles. The molecule has 6 heteroatoms. The van der Waals surface area contributed by atoms with Gasteiger partial charge in [-0.25, -0.2) is 0 Å². The lowest BCUT2D eigenvalue weighted by Crippen LogP contribution is -1.98. The molecule has 13 heavy (non-hydrogen) atoms. The van der Waals surface area contributed by atoms with E-state index in [-0.39, 0.29) is 22.8 Å². The first-order valence-electron chi connectivity index (χ1n) is 3.15. The fourth-order valence-corrected chi connectivity index (χ4v) is 2.02. The van der Waals surface area contributed by atoms with Gasteiger partial charge in [-0.1, -0.05) is 47.8 Å². The van der Waals surface area contributed by atoms with Gasteiger partial charge in [-0.2, -0.15) is 0 Å². The lowest BCUT2D eigenvalue weighted by Gasteiger charge is -2.16. The Kier molecular flexibility index (Phi) is 3.14. The van der Waals surface area contributed by atoms with Crippen LogP contribution in [0.3, 0.4) is 0 Å². The summed E-state index contributed by atoms with van der Waals surface area (Å²) in [6.45, 7) is 0. The zero-order valence-corrected chi connectivity index (χ0v) is 10.9. The monoisotopic (exact) mass is 374 g/mol. The molecule has 0 amide bonds. The Hall–Kier alpha value is 0.0600. The summed E-state index contributed by atoms with van der Waals surface area (Å²) in [6, 6.07) is 2.48. The molecular formula is C7H5Br3O3. The van der Waals surface area contributed by atoms with Gasteiger partial charge in [-0.15, -0.1) is 0 Å². The summed E-state index contributed by atoms with van der Waals surface area (Å²) in [6.07, 6.45) is 0. The predicted molar refractivity (Wildman–Crippen MR) is 59.9 cm³/mol. The molecule has 3 N–H and O–H groups in total. The first-order valence-corrected chi connectivity index (χ1v) is 5.53. The molecule has 0 bridgehead atoms. The second kappa shape index (κ2) is 3.67. The molecule has 0 heterocycles. The second-order valence-electron chi connectivity index (χ2n) is 2.33. The fourth-order valence-electron chi connectivity index (χ4n) is 0.849. The van der Waals surface area contributed by atoms with Gasteiger partial charge in [0.05, 0.1) is 5.56 Å². The van der Waals surface area contributed by atoms with Crippen LogP contribution < -0.4 is 0 Å². The summed E-state index contributed by atoms with van der Waals surface area (Å²) in [4.78, 5) is 0. The van der Waals surface area contributed by atoms with Crippen molar-refractivity contribution in [2.45, 2.75) is 2.14 Å². The van der Waals surface area contributed by atoms with E-state index in [0.29, 0.717) is 0 Å². The molecule has 0 fully saturated rings. The number of hydrogen-bond donors (Lipinski definition) is 3. The van der Waals surface area contributed by atoms with Crippen LogP contribution >= 0.6 is 47.8 Å². The molecule has 3 nitrogen and oxygen atoms in total. The number of phenolic OH excluding ortho intramolecular Hbond substituents is 3. The van der Waals surface area contributed by atoms with Gasteiger partial charge in [-0.05, 0) is 12.1 Å². The normalized spacial score (nSPS) is 11.6. The third kappa shape index (κ3) is 2.30. The summed E-state index contributed by atoms with van der Waals surface area (Å²) in [5, 5.41) is 28.0. The van der Waals surface area contributed by atoms with E-state index in [0.717, 1.165) is 0 Å². The molecule has 0 unspecified atom stereocenters. The van der Waals surface area contributed by atoms with Crippen LogP contribution in [-0.4, -0.2) is 15.3 Å². The van der Waals surface area contributed by atoms with Crippen molar-refractivity contribution < 1.29 is 15.3 Å². The molecule has 0 aliphatic rings. The number of rotatable bonds is 0. The van der Waals surface area contributed by atoms with Gasteiger partial charge < -0.3 is 15.3 Å². The van der Waals surface area contributed by atoms with E-state index in [1.54, 1.807) is 0 Å². The Balaban J connectivity index is 3.43. The highest BCUT2D eigenvalue weighted by atomic mass is 80.0. The molecule has 0 saturated carbocycles. The largest absolute Gasteiger partial charge is 0.507 e. The van der Waals surface area contributed by atoms with Crippen LogP contribution in [0.2, 0.25) is 0 Å². The maximum atomic E-state index is 9.41. The maximum Gasteiger partial charge on any atom is 0.167 e. The quantitative estimate of drug-likeness (QED) is 0.370. The zero-order chi connectivity index (χ0) is 10.2. The van der Waals surface area contributed by atoms with Crippen molar-refractivity contribution in [2.75, 3.05) is 0 Å². The Labute approximate surface area is 99.8 Å². The number of aromatic hydroxyl groups is 3. The Morgan fingerprint density at radius 2 is 1.38 bits per heavy atom. The predicted octanol–water partition coefficient (Wildman–Crippen LogP) is 3.10. The van der Waals surface area contributed by atoms with Crippen LogP contribution in [0.4, 0.5) is 0 Å². The van der Waals surface area contributed by atoms with Gasteiger partial charge in [0.2, 0.25) is 0 Å². The van der Waals surface area contributed by atoms with Crippen LogP contribution in [-0.2, 0) is 2.14 Å². The number of alkyl halides is 3. The van der Waals surface area contributed by atoms with Crippen LogP contribution in [0.25, 0.3) is 0 Å². The summed E-state index contributed by atoms with van der Waals surface area (Å²) in [5.41, 5.74) is 0.118. The molecule has 72 valence electrons. The first-order chi connectivity index (χ1) is 5.84. The lowest BCUT2D eigenvalue weighted by atomic mass is 10.2. The number of halogens is 3. The minimum atomic E-state index is -0.958. The zero-order valence-electron chi connectivity index (χ0n) is 6.13. The van der Waals surface area contributed by atoms with Gasteiger partial charge in [0.15, 0.2) is 13.6 Å². The van der Waals surface area contributed by atoms with Crippen molar-refractivity contribution in [3.63, 3.8) is 0 Å². The van der Waals surface area contributed by atoms with Gasteiger partial charge in [-0.3, -0.25) is 0 Å². The number of hydrogen-bond acceptors (Lipinski definition) is 3. The molecular weight excluding hydrogens is 372 g/mol. The molecule has 0 saturated heterocycles. The fraction of sp³-hybridized carbons (Fsp3) is 0.143. The Morgan fingerprint density at radius 3 is 1.77 bits per heavy atom. The third-order valence-electron chi connectivity index (χ3n) is 1.42. The molecule has 1 rings (SSSR count). The molecule has 0 spiro atoms. The summed E-state index contributed by atoms with van der Waals surface area (Å²) < 4.78 is -0.958. The number of benzene rings is 1. The summed E-state index contributed by atoms with van der Waals surface area (Å²) in [7, 11) is 0. The van der Waals surface area contributed by atoms with E-state index in [1.165, 1.54) is 12.1 Å². The molecule has 0 aliphatic carbocycles. The van der Waals surface area contributed by atoms with Crippen LogP contribution in [0.1, 0.15) is 5.56 Å². The van der Waals surface area contributed by atoms with Gasteiger partial charge in [0.25, 0.3) is 0 Å². The van der Waals surface area contributed by atoms with Crippen molar-refractivity contribution in [1.29, 1.82) is 0 Å². The van der Waals surface area contributed by atoms with Crippen molar-refractivity contribution in [3.05, 3.63) is 17.7 Å². The van der Waals surface area contributed by atoms with Gasteiger partial charge in [0.1, 0.15) is 5.75 Å². The Morgan fingerprint density at radius 1 is 0.923 bits per heavy atom. The van der Waals surface area contributed by atoms with Gasteiger partial charge >= 0.3 is 0 Å². The van der Waals surface area contributed by atoms with Crippen molar-refractivity contribution in [1.82, 2.24) is 0 Å². The second-order valence-corrected chi connectivity index (χ2v) is 9.09. The highest BCUT2D eigenvalue weighted by molar-refractivity contribution is 9.38. The standard InChI is InChI=1S/C7H5Br3O3/c8-7(9,10)5-3(11)1-2-4(12)6(5)13/h1-2,11-13H. The van der Waals surface area contributed by atoms with Crippen molar-refractivity contribution in [3.8, 4) is 17.2 Å². The summed E-state index contributed by atoms with van der Waals surface area (Å²) in [5.74, 6) is -0.818. The highest BCUT2D eigenvalue weighted by Gasteiger charge is 2.29. The van der Waals surface area contributed by atoms with Crippen molar-refractivity contribution >= 4 is 47.8 Å². The van der Waals surface area contributed by atoms with E-state index < -0.39 is 2.14 Å². The van der Waals surface area contributed by atoms with E-state index in [4.69, 9.17) is 5.11 Å². The molecule has 0 aliphatic heterocycles. The topological polar surface area (TPSA) is 60.7 Å². The van der Waals surface area contributed by atoms with E-state index >= 15 is 0 Å². The van der Waals surface area contributed by atoms with Crippen LogP contribution in [0.15, 0.2) is 12.1 Å². The lowest BCUT2D eigenvalue weighted by molar-refractivity contribution is 0.391. The SMILES string of the molecule is Oc1ccc(O)c(C(Br)(Br)Br)c1O. The molecule has 1 aromatic rings. The summed E-state index contributed by atoms with van der Waals surface area (Å²) >= 11 is 9.37. The van der Waals surface area contributed by atoms with Gasteiger partial charge in [0, 0.05) is 0 Å². The maximum absolute atomic E-state index is 9.41. The highest BCUT2D eigenvalue weighted by Crippen LogP contribution is 2.53. The average molecular weight is 377 g/mol. The third-order valence-corrected chi connectivity index (χ3v) is 2.61. The molecule has 0 aromatic heterocycles. The smallest absolute Gasteiger partial charge is 0.167 e. The van der Waals surface area contributed by atoms with E-state index in [9.17, 15) is 10.2 Å². The van der Waals surface area contributed by atoms with E-state index in [2.05, 4.69) is 47.8 Å². The van der Waals surface area contributed by atoms with Crippen molar-refractivity contribution in [2.24, 2.45) is 0 Å². The van der Waals surface area contributed by atoms with Crippen LogP contribution in [0, 0.1) is 0 Å². The molecule has 0 radical (unpaired) electrons.